The molecule has 1 heterocycles. The highest BCUT2D eigenvalue weighted by Gasteiger charge is 2.22. The summed E-state index contributed by atoms with van der Waals surface area (Å²) in [5, 5.41) is 3.29. The zero-order valence-electron chi connectivity index (χ0n) is 15.6. The summed E-state index contributed by atoms with van der Waals surface area (Å²) < 4.78 is 2.25. The highest BCUT2D eigenvalue weighted by Crippen LogP contribution is 2.24. The molecule has 0 saturated heterocycles. The van der Waals surface area contributed by atoms with Crippen LogP contribution in [-0.4, -0.2) is 23.4 Å². The molecule has 0 aliphatic rings. The molecule has 24 heavy (non-hydrogen) atoms. The van der Waals surface area contributed by atoms with Crippen molar-refractivity contribution in [3.63, 3.8) is 0 Å². The number of nitrogens with zero attached hydrogens (tertiary/aromatic N) is 1. The van der Waals surface area contributed by atoms with Crippen molar-refractivity contribution < 1.29 is 4.79 Å². The van der Waals surface area contributed by atoms with Gasteiger partial charge in [0.1, 0.15) is 0 Å². The minimum atomic E-state index is -0.00416. The topological polar surface area (TPSA) is 34.0 Å². The normalized spacial score (nSPS) is 11.7. The fourth-order valence-corrected chi connectivity index (χ4v) is 3.44. The maximum Gasteiger partial charge on any atom is 0.178 e. The molecule has 0 atom stereocenters. The SMILES string of the molecule is Cc1cc(C(=O)CNCCCc2ccccc2)c(C)n1C(C)(C)C. The number of ketones is 1. The van der Waals surface area contributed by atoms with Crippen LogP contribution < -0.4 is 5.32 Å². The average Bonchev–Trinajstić information content (AvgIpc) is 2.82. The predicted octanol–water partition coefficient (Wildman–Crippen LogP) is 4.27. The van der Waals surface area contributed by atoms with Gasteiger partial charge in [0.15, 0.2) is 5.78 Å². The summed E-state index contributed by atoms with van der Waals surface area (Å²) in [6.45, 7) is 11.9. The third-order valence-electron chi connectivity index (χ3n) is 4.35. The van der Waals surface area contributed by atoms with Crippen LogP contribution >= 0.6 is 0 Å². The van der Waals surface area contributed by atoms with E-state index in [0.717, 1.165) is 36.3 Å². The van der Waals surface area contributed by atoms with E-state index in [4.69, 9.17) is 0 Å². The fraction of sp³-hybridized carbons (Fsp3) is 0.476. The van der Waals surface area contributed by atoms with Gasteiger partial charge in [0.2, 0.25) is 0 Å². The lowest BCUT2D eigenvalue weighted by Gasteiger charge is -2.25. The van der Waals surface area contributed by atoms with E-state index in [1.54, 1.807) is 0 Å². The Morgan fingerprint density at radius 1 is 1.12 bits per heavy atom. The molecular formula is C21H30N2O. The molecule has 2 aromatic rings. The zero-order valence-corrected chi connectivity index (χ0v) is 15.6. The number of benzene rings is 1. The number of rotatable bonds is 7. The van der Waals surface area contributed by atoms with E-state index in [2.05, 4.69) is 61.8 Å². The van der Waals surface area contributed by atoms with Gasteiger partial charge in [-0.25, -0.2) is 0 Å². The maximum absolute atomic E-state index is 12.5. The largest absolute Gasteiger partial charge is 0.343 e. The predicted molar refractivity (Wildman–Crippen MR) is 101 cm³/mol. The smallest absolute Gasteiger partial charge is 0.178 e. The summed E-state index contributed by atoms with van der Waals surface area (Å²) in [6, 6.07) is 12.5. The summed E-state index contributed by atoms with van der Waals surface area (Å²) >= 11 is 0. The first-order valence-electron chi connectivity index (χ1n) is 8.78. The van der Waals surface area contributed by atoms with Crippen molar-refractivity contribution in [2.45, 2.75) is 53.0 Å². The standard InChI is InChI=1S/C21H30N2O/c1-16-14-19(17(2)23(16)21(3,4)5)20(24)15-22-13-9-12-18-10-7-6-8-11-18/h6-8,10-11,14,22H,9,12-13,15H2,1-5H3. The Hall–Kier alpha value is -1.87. The number of nitrogens with one attached hydrogen (secondary N) is 1. The Balaban J connectivity index is 1.85. The van der Waals surface area contributed by atoms with Crippen molar-refractivity contribution in [3.05, 3.63) is 58.9 Å². The van der Waals surface area contributed by atoms with Crippen LogP contribution in [-0.2, 0) is 12.0 Å². The first-order valence-corrected chi connectivity index (χ1v) is 8.78. The van der Waals surface area contributed by atoms with Gasteiger partial charge in [0.25, 0.3) is 0 Å². The van der Waals surface area contributed by atoms with E-state index in [9.17, 15) is 4.79 Å². The summed E-state index contributed by atoms with van der Waals surface area (Å²) in [6.07, 6.45) is 2.08. The van der Waals surface area contributed by atoms with E-state index in [0.29, 0.717) is 6.54 Å². The molecule has 0 radical (unpaired) electrons. The van der Waals surface area contributed by atoms with E-state index in [1.807, 2.05) is 19.1 Å². The van der Waals surface area contributed by atoms with Gasteiger partial charge in [-0.15, -0.1) is 0 Å². The molecule has 1 N–H and O–H groups in total. The minimum absolute atomic E-state index is 0.00416. The Morgan fingerprint density at radius 2 is 1.79 bits per heavy atom. The number of hydrogen-bond donors (Lipinski definition) is 1. The number of carbonyl (C=O) groups is 1. The lowest BCUT2D eigenvalue weighted by atomic mass is 10.1. The van der Waals surface area contributed by atoms with Crippen LogP contribution in [0.3, 0.4) is 0 Å². The van der Waals surface area contributed by atoms with Crippen molar-refractivity contribution in [3.8, 4) is 0 Å². The minimum Gasteiger partial charge on any atom is -0.343 e. The van der Waals surface area contributed by atoms with Crippen molar-refractivity contribution in [2.75, 3.05) is 13.1 Å². The molecular weight excluding hydrogens is 296 g/mol. The van der Waals surface area contributed by atoms with Crippen LogP contribution in [0, 0.1) is 13.8 Å². The lowest BCUT2D eigenvalue weighted by Crippen LogP contribution is -2.26. The van der Waals surface area contributed by atoms with Crippen LogP contribution in [0.2, 0.25) is 0 Å². The van der Waals surface area contributed by atoms with Crippen LogP contribution in [0.15, 0.2) is 36.4 Å². The third kappa shape index (κ3) is 4.57. The zero-order chi connectivity index (χ0) is 17.7. The van der Waals surface area contributed by atoms with Gasteiger partial charge >= 0.3 is 0 Å². The Kier molecular flexibility index (Phi) is 6.00. The number of aromatic nitrogens is 1. The van der Waals surface area contributed by atoms with Crippen molar-refractivity contribution in [2.24, 2.45) is 0 Å². The molecule has 3 nitrogen and oxygen atoms in total. The highest BCUT2D eigenvalue weighted by atomic mass is 16.1. The van der Waals surface area contributed by atoms with Gasteiger partial charge in [-0.1, -0.05) is 30.3 Å². The molecule has 2 rings (SSSR count). The average molecular weight is 326 g/mol. The Morgan fingerprint density at radius 3 is 2.38 bits per heavy atom. The molecule has 0 aliphatic carbocycles. The van der Waals surface area contributed by atoms with Crippen LogP contribution in [0.1, 0.15) is 54.5 Å². The highest BCUT2D eigenvalue weighted by molar-refractivity contribution is 5.99. The van der Waals surface area contributed by atoms with Gasteiger partial charge < -0.3 is 9.88 Å². The second-order valence-electron chi connectivity index (χ2n) is 7.48. The Labute approximate surface area is 146 Å². The summed E-state index contributed by atoms with van der Waals surface area (Å²) in [5.41, 5.74) is 4.40. The van der Waals surface area contributed by atoms with Gasteiger partial charge in [-0.05, 0) is 65.6 Å². The quantitative estimate of drug-likeness (QED) is 0.609. The molecule has 1 aromatic carbocycles. The first kappa shape index (κ1) is 18.5. The Bertz CT molecular complexity index is 678. The summed E-state index contributed by atoms with van der Waals surface area (Å²) in [7, 11) is 0. The van der Waals surface area contributed by atoms with Crippen LogP contribution in [0.5, 0.6) is 0 Å². The van der Waals surface area contributed by atoms with Gasteiger partial charge in [0, 0.05) is 22.5 Å². The number of carbonyl (C=O) groups excluding carboxylic acids is 1. The molecule has 0 fully saturated rings. The van der Waals surface area contributed by atoms with E-state index in [1.165, 1.54) is 5.56 Å². The van der Waals surface area contributed by atoms with Crippen LogP contribution in [0.4, 0.5) is 0 Å². The molecule has 0 aliphatic heterocycles. The van der Waals surface area contributed by atoms with Gasteiger partial charge in [0.05, 0.1) is 6.54 Å². The van der Waals surface area contributed by atoms with Gasteiger partial charge in [-0.3, -0.25) is 4.79 Å². The van der Waals surface area contributed by atoms with Crippen molar-refractivity contribution in [1.29, 1.82) is 0 Å². The number of Topliss-reactive ketones (excluding diaryl/α,β-unsaturated/α-hetero) is 1. The maximum atomic E-state index is 12.5. The monoisotopic (exact) mass is 326 g/mol. The molecule has 0 spiro atoms. The lowest BCUT2D eigenvalue weighted by molar-refractivity contribution is 0.0990. The third-order valence-corrected chi connectivity index (χ3v) is 4.35. The van der Waals surface area contributed by atoms with E-state index in [-0.39, 0.29) is 11.3 Å². The van der Waals surface area contributed by atoms with Crippen molar-refractivity contribution >= 4 is 5.78 Å². The first-order chi connectivity index (χ1) is 11.3. The molecule has 0 unspecified atom stereocenters. The van der Waals surface area contributed by atoms with E-state index >= 15 is 0 Å². The number of hydrogen-bond acceptors (Lipinski definition) is 2. The van der Waals surface area contributed by atoms with E-state index < -0.39 is 0 Å². The van der Waals surface area contributed by atoms with Crippen LogP contribution in [0.25, 0.3) is 0 Å². The molecule has 0 amide bonds. The summed E-state index contributed by atoms with van der Waals surface area (Å²) in [5.74, 6) is 0.179. The second kappa shape index (κ2) is 7.80. The van der Waals surface area contributed by atoms with Gasteiger partial charge in [-0.2, -0.15) is 0 Å². The fourth-order valence-electron chi connectivity index (χ4n) is 3.44. The molecule has 0 saturated carbocycles. The molecule has 130 valence electrons. The molecule has 3 heteroatoms. The molecule has 0 bridgehead atoms. The summed E-state index contributed by atoms with van der Waals surface area (Å²) in [4.78, 5) is 12.5. The van der Waals surface area contributed by atoms with Crippen molar-refractivity contribution in [1.82, 2.24) is 9.88 Å². The molecule has 1 aromatic heterocycles. The second-order valence-corrected chi connectivity index (χ2v) is 7.48. The number of aryl methyl sites for hydroxylation is 2.